The number of rotatable bonds is 3. The summed E-state index contributed by atoms with van der Waals surface area (Å²) in [6, 6.07) is 6.84. The molecule has 8 heteroatoms. The fraction of sp³-hybridized carbons (Fsp3) is 0. The van der Waals surface area contributed by atoms with Crippen molar-refractivity contribution in [2.75, 3.05) is 0 Å². The lowest BCUT2D eigenvalue weighted by Gasteiger charge is -2.02. The lowest BCUT2D eigenvalue weighted by molar-refractivity contribution is 0.477. The van der Waals surface area contributed by atoms with E-state index < -0.39 is 20.3 Å². The van der Waals surface area contributed by atoms with E-state index in [1.165, 1.54) is 24.3 Å². The first-order valence-corrected chi connectivity index (χ1v) is 6.30. The summed E-state index contributed by atoms with van der Waals surface area (Å²) in [6.07, 6.45) is 0. The van der Waals surface area contributed by atoms with Crippen LogP contribution in [0.1, 0.15) is 0 Å². The molecular weight excluding hydrogens is 230 g/mol. The zero-order valence-corrected chi connectivity index (χ0v) is 8.42. The highest BCUT2D eigenvalue weighted by Crippen LogP contribution is 2.07. The van der Waals surface area contributed by atoms with Crippen LogP contribution in [0.25, 0.3) is 0 Å². The third kappa shape index (κ3) is 3.07. The van der Waals surface area contributed by atoms with Crippen molar-refractivity contribution < 1.29 is 21.4 Å². The van der Waals surface area contributed by atoms with Crippen LogP contribution in [-0.4, -0.2) is 21.4 Å². The van der Waals surface area contributed by atoms with Crippen LogP contribution in [0.15, 0.2) is 35.2 Å². The van der Waals surface area contributed by atoms with Gasteiger partial charge < -0.3 is 0 Å². The van der Waals surface area contributed by atoms with E-state index >= 15 is 0 Å². The molecule has 1 aromatic rings. The Morgan fingerprint density at radius 1 is 1.00 bits per heavy atom. The maximum Gasteiger partial charge on any atom is 0.346 e. The third-order valence-corrected chi connectivity index (χ3v) is 3.88. The molecule has 0 aromatic heterocycles. The first-order valence-electron chi connectivity index (χ1n) is 3.37. The van der Waals surface area contributed by atoms with E-state index in [2.05, 4.69) is 0 Å². The summed E-state index contributed by atoms with van der Waals surface area (Å²) in [5, 5.41) is 0. The zero-order valence-electron chi connectivity index (χ0n) is 6.78. The minimum Gasteiger partial charge on any atom is -0.273 e. The molecule has 0 amide bonds. The summed E-state index contributed by atoms with van der Waals surface area (Å²) >= 11 is 0. The van der Waals surface area contributed by atoms with Gasteiger partial charge in [-0.2, -0.15) is 8.42 Å². The Morgan fingerprint density at radius 2 is 1.50 bits per heavy atom. The lowest BCUT2D eigenvalue weighted by Crippen LogP contribution is -2.29. The average Bonchev–Trinajstić information content (AvgIpc) is 2.01. The van der Waals surface area contributed by atoms with Gasteiger partial charge in [-0.15, -0.1) is 0 Å². The van der Waals surface area contributed by atoms with Gasteiger partial charge in [0.05, 0.1) is 4.90 Å². The number of benzene rings is 1. The molecule has 6 nitrogen and oxygen atoms in total. The summed E-state index contributed by atoms with van der Waals surface area (Å²) in [4.78, 5) is -0.238. The zero-order chi connectivity index (χ0) is 10.8. The largest absolute Gasteiger partial charge is 0.346 e. The monoisotopic (exact) mass is 237 g/mol. The van der Waals surface area contributed by atoms with E-state index in [9.17, 15) is 16.8 Å². The molecule has 14 heavy (non-hydrogen) atoms. The lowest BCUT2D eigenvalue weighted by atomic mass is 10.4. The van der Waals surface area contributed by atoms with E-state index in [0.29, 0.717) is 0 Å². The number of hydrogen-bond acceptors (Lipinski definition) is 4. The van der Waals surface area contributed by atoms with Gasteiger partial charge in [0.1, 0.15) is 0 Å². The van der Waals surface area contributed by atoms with E-state index in [-0.39, 0.29) is 4.90 Å². The van der Waals surface area contributed by atoms with Crippen molar-refractivity contribution in [3.8, 4) is 0 Å². The minimum atomic E-state index is -4.77. The standard InChI is InChI=1S/C6H7NO5S2/c8-13(9,7-14(10,11)12)6-4-2-1-3-5-6/h1-5,7H,(H,10,11,12). The van der Waals surface area contributed by atoms with Crippen LogP contribution in [0.3, 0.4) is 0 Å². The Balaban J connectivity index is 3.12. The van der Waals surface area contributed by atoms with Gasteiger partial charge in [-0.3, -0.25) is 4.55 Å². The third-order valence-electron chi connectivity index (χ3n) is 1.27. The van der Waals surface area contributed by atoms with Crippen LogP contribution >= 0.6 is 0 Å². The van der Waals surface area contributed by atoms with Gasteiger partial charge in [0.15, 0.2) is 0 Å². The van der Waals surface area contributed by atoms with Gasteiger partial charge in [0.25, 0.3) is 10.0 Å². The van der Waals surface area contributed by atoms with Crippen molar-refractivity contribution in [1.82, 2.24) is 4.13 Å². The molecule has 0 heterocycles. The fourth-order valence-electron chi connectivity index (χ4n) is 0.786. The van der Waals surface area contributed by atoms with Gasteiger partial charge in [-0.05, 0) is 12.1 Å². The van der Waals surface area contributed by atoms with Crippen LogP contribution < -0.4 is 4.13 Å². The second-order valence-electron chi connectivity index (χ2n) is 2.37. The SMILES string of the molecule is O=S(=O)(O)NS(=O)(=O)c1ccccc1. The highest BCUT2D eigenvalue weighted by molar-refractivity contribution is 8.02. The summed E-state index contributed by atoms with van der Waals surface area (Å²) < 4.78 is 52.4. The first-order chi connectivity index (χ1) is 6.31. The van der Waals surface area contributed by atoms with E-state index in [4.69, 9.17) is 4.55 Å². The van der Waals surface area contributed by atoms with E-state index in [1.54, 1.807) is 6.07 Å². The minimum absolute atomic E-state index is 0.238. The fourth-order valence-corrected chi connectivity index (χ4v) is 2.80. The molecule has 0 atom stereocenters. The molecule has 0 saturated carbocycles. The van der Waals surface area contributed by atoms with Crippen LogP contribution in [0.4, 0.5) is 0 Å². The molecule has 78 valence electrons. The summed E-state index contributed by atoms with van der Waals surface area (Å²) in [7, 11) is -8.97. The molecule has 0 aliphatic heterocycles. The molecule has 0 unspecified atom stereocenters. The molecule has 0 aliphatic rings. The highest BCUT2D eigenvalue weighted by atomic mass is 32.3. The summed E-state index contributed by atoms with van der Waals surface area (Å²) in [6.45, 7) is 0. The van der Waals surface area contributed by atoms with Gasteiger partial charge in [0.2, 0.25) is 0 Å². The van der Waals surface area contributed by atoms with E-state index in [1.807, 2.05) is 0 Å². The summed E-state index contributed by atoms with van der Waals surface area (Å²) in [5.74, 6) is 0. The predicted octanol–water partition coefficient (Wildman–Crippen LogP) is -0.232. The molecular formula is C6H7NO5S2. The van der Waals surface area contributed by atoms with Gasteiger partial charge in [-0.1, -0.05) is 22.3 Å². The van der Waals surface area contributed by atoms with E-state index in [0.717, 1.165) is 4.13 Å². The molecule has 1 rings (SSSR count). The molecule has 2 N–H and O–H groups in total. The second-order valence-corrected chi connectivity index (χ2v) is 5.47. The van der Waals surface area contributed by atoms with Crippen LogP contribution in [0.5, 0.6) is 0 Å². The van der Waals surface area contributed by atoms with Gasteiger partial charge in [-0.25, -0.2) is 8.42 Å². The van der Waals surface area contributed by atoms with Crippen molar-refractivity contribution >= 4 is 20.3 Å². The molecule has 0 fully saturated rings. The summed E-state index contributed by atoms with van der Waals surface area (Å²) in [5.41, 5.74) is 0. The Bertz CT molecular complexity index is 504. The Kier molecular flexibility index (Phi) is 2.90. The second kappa shape index (κ2) is 3.65. The normalized spacial score (nSPS) is 12.6. The van der Waals surface area contributed by atoms with Crippen LogP contribution in [0.2, 0.25) is 0 Å². The van der Waals surface area contributed by atoms with Crippen molar-refractivity contribution in [2.45, 2.75) is 4.90 Å². The van der Waals surface area contributed by atoms with Crippen molar-refractivity contribution in [3.63, 3.8) is 0 Å². The van der Waals surface area contributed by atoms with Gasteiger partial charge >= 0.3 is 10.3 Å². The maximum atomic E-state index is 11.2. The Morgan fingerprint density at radius 3 is 1.93 bits per heavy atom. The molecule has 0 bridgehead atoms. The van der Waals surface area contributed by atoms with Crippen molar-refractivity contribution in [3.05, 3.63) is 30.3 Å². The molecule has 0 aliphatic carbocycles. The maximum absolute atomic E-state index is 11.2. The number of nitrogens with one attached hydrogen (secondary N) is 1. The highest BCUT2D eigenvalue weighted by Gasteiger charge is 2.19. The molecule has 0 saturated heterocycles. The van der Waals surface area contributed by atoms with Gasteiger partial charge in [0, 0.05) is 0 Å². The van der Waals surface area contributed by atoms with Crippen LogP contribution in [0, 0.1) is 0 Å². The average molecular weight is 237 g/mol. The number of hydrogen-bond donors (Lipinski definition) is 2. The Labute approximate surface area is 81.5 Å². The topological polar surface area (TPSA) is 101 Å². The van der Waals surface area contributed by atoms with Crippen molar-refractivity contribution in [1.29, 1.82) is 0 Å². The number of sulfonamides is 1. The molecule has 1 aromatic carbocycles. The Hall–Kier alpha value is -0.960. The van der Waals surface area contributed by atoms with Crippen LogP contribution in [-0.2, 0) is 20.3 Å². The molecule has 0 radical (unpaired) electrons. The molecule has 0 spiro atoms. The quantitative estimate of drug-likeness (QED) is 0.707. The smallest absolute Gasteiger partial charge is 0.273 e. The van der Waals surface area contributed by atoms with Crippen molar-refractivity contribution in [2.24, 2.45) is 0 Å². The first kappa shape index (κ1) is 11.1. The predicted molar refractivity (Wildman–Crippen MR) is 48.3 cm³/mol.